The zero-order chi connectivity index (χ0) is 11.7. The average molecular weight is 293 g/mol. The van der Waals surface area contributed by atoms with Crippen LogP contribution in [0.3, 0.4) is 0 Å². The van der Waals surface area contributed by atoms with Crippen molar-refractivity contribution in [3.8, 4) is 0 Å². The number of halogens is 1. The van der Waals surface area contributed by atoms with E-state index in [-0.39, 0.29) is 0 Å². The van der Waals surface area contributed by atoms with E-state index in [1.807, 2.05) is 24.3 Å². The van der Waals surface area contributed by atoms with Crippen molar-refractivity contribution in [1.29, 1.82) is 0 Å². The van der Waals surface area contributed by atoms with Crippen molar-refractivity contribution in [2.24, 2.45) is 0 Å². The normalized spacial score (nSPS) is 15.1. The molecule has 3 rings (SSSR count). The summed E-state index contributed by atoms with van der Waals surface area (Å²) in [6.45, 7) is 0.935. The van der Waals surface area contributed by atoms with Gasteiger partial charge in [-0.2, -0.15) is 0 Å². The summed E-state index contributed by atoms with van der Waals surface area (Å²) in [5.41, 5.74) is 1.77. The van der Waals surface area contributed by atoms with E-state index in [0.717, 1.165) is 28.9 Å². The predicted molar refractivity (Wildman–Crippen MR) is 71.5 cm³/mol. The summed E-state index contributed by atoms with van der Waals surface area (Å²) in [4.78, 5) is 6.83. The largest absolute Gasteiger partial charge is 0.336 e. The van der Waals surface area contributed by atoms with E-state index in [0.29, 0.717) is 6.04 Å². The maximum Gasteiger partial charge on any atom is 0.246 e. The molecule has 0 N–H and O–H groups in total. The number of fused-ring (bicyclic) bond motifs is 1. The number of hydrogen-bond donors (Lipinski definition) is 0. The predicted octanol–water partition coefficient (Wildman–Crippen LogP) is 2.39. The van der Waals surface area contributed by atoms with Crippen molar-refractivity contribution < 1.29 is 0 Å². The minimum absolute atomic E-state index is 0.607. The Labute approximate surface area is 108 Å². The maximum atomic E-state index is 4.59. The van der Waals surface area contributed by atoms with Crippen molar-refractivity contribution in [3.63, 3.8) is 0 Å². The lowest BCUT2D eigenvalue weighted by Gasteiger charge is -2.20. The fraction of sp³-hybridized carbons (Fsp3) is 0.417. The molecule has 1 aliphatic rings. The summed E-state index contributed by atoms with van der Waals surface area (Å²) < 4.78 is 0. The number of nitrogens with zero attached hydrogens (tertiary/aromatic N) is 4. The zero-order valence-electron chi connectivity index (χ0n) is 9.38. The highest BCUT2D eigenvalue weighted by atomic mass is 79.9. The van der Waals surface area contributed by atoms with Crippen molar-refractivity contribution in [2.75, 3.05) is 16.8 Å². The minimum Gasteiger partial charge on any atom is -0.336 e. The van der Waals surface area contributed by atoms with Crippen LogP contribution in [-0.4, -0.2) is 33.1 Å². The molecule has 1 fully saturated rings. The summed E-state index contributed by atoms with van der Waals surface area (Å²) in [6, 6.07) is 8.45. The molecule has 88 valence electrons. The second-order valence-electron chi connectivity index (χ2n) is 4.21. The quantitative estimate of drug-likeness (QED) is 0.812. The van der Waals surface area contributed by atoms with Crippen LogP contribution in [0.15, 0.2) is 24.3 Å². The second-order valence-corrected chi connectivity index (χ2v) is 5.01. The van der Waals surface area contributed by atoms with E-state index >= 15 is 0 Å². The lowest BCUT2D eigenvalue weighted by molar-refractivity contribution is 0.780. The second kappa shape index (κ2) is 4.56. The molecule has 0 unspecified atom stereocenters. The van der Waals surface area contributed by atoms with Crippen LogP contribution in [0.25, 0.3) is 11.0 Å². The third-order valence-electron chi connectivity index (χ3n) is 2.92. The molecule has 1 saturated carbocycles. The smallest absolute Gasteiger partial charge is 0.246 e. The van der Waals surface area contributed by atoms with Gasteiger partial charge in [0.25, 0.3) is 0 Å². The molecule has 1 aromatic heterocycles. The van der Waals surface area contributed by atoms with Gasteiger partial charge in [0.1, 0.15) is 5.52 Å². The number of rotatable bonds is 4. The maximum absolute atomic E-state index is 4.59. The van der Waals surface area contributed by atoms with Crippen LogP contribution in [0.2, 0.25) is 0 Å². The molecule has 1 heterocycles. The fourth-order valence-corrected chi connectivity index (χ4v) is 2.30. The molecule has 0 spiro atoms. The van der Waals surface area contributed by atoms with Gasteiger partial charge in [-0.3, -0.25) is 0 Å². The number of hydrogen-bond acceptors (Lipinski definition) is 4. The first-order chi connectivity index (χ1) is 8.38. The Bertz CT molecular complexity index is 527. The van der Waals surface area contributed by atoms with Crippen molar-refractivity contribution >= 4 is 32.9 Å². The van der Waals surface area contributed by atoms with Gasteiger partial charge in [-0.05, 0) is 25.0 Å². The molecule has 0 saturated heterocycles. The Kier molecular flexibility index (Phi) is 2.93. The molecule has 0 amide bonds. The highest BCUT2D eigenvalue weighted by Crippen LogP contribution is 2.29. The molecule has 2 aromatic rings. The fourth-order valence-electron chi connectivity index (χ4n) is 1.92. The number of aromatic nitrogens is 3. The van der Waals surface area contributed by atoms with Crippen molar-refractivity contribution in [3.05, 3.63) is 24.3 Å². The van der Waals surface area contributed by atoms with Crippen LogP contribution >= 0.6 is 15.9 Å². The first kappa shape index (κ1) is 10.9. The Hall–Kier alpha value is -1.23. The average Bonchev–Trinajstić information content (AvgIpc) is 3.20. The molecule has 1 aromatic carbocycles. The number of para-hydroxylation sites is 1. The van der Waals surface area contributed by atoms with E-state index in [1.54, 1.807) is 0 Å². The number of anilines is 1. The summed E-state index contributed by atoms with van der Waals surface area (Å²) >= 11 is 3.48. The van der Waals surface area contributed by atoms with Crippen LogP contribution in [0, 0.1) is 0 Å². The van der Waals surface area contributed by atoms with E-state index in [1.165, 1.54) is 12.8 Å². The Morgan fingerprint density at radius 1 is 1.18 bits per heavy atom. The highest BCUT2D eigenvalue weighted by molar-refractivity contribution is 9.09. The van der Waals surface area contributed by atoms with Crippen molar-refractivity contribution in [1.82, 2.24) is 15.2 Å². The van der Waals surface area contributed by atoms with Crippen LogP contribution in [-0.2, 0) is 0 Å². The molecule has 0 radical (unpaired) electrons. The standard InChI is InChI=1S/C12H13BrN4/c13-7-8-17(9-5-6-9)12-14-10-3-1-2-4-11(10)15-16-12/h1-4,9H,5-8H2. The molecule has 17 heavy (non-hydrogen) atoms. The number of benzene rings is 1. The van der Waals surface area contributed by atoms with E-state index in [4.69, 9.17) is 0 Å². The van der Waals surface area contributed by atoms with Gasteiger partial charge in [0, 0.05) is 17.9 Å². The van der Waals surface area contributed by atoms with Gasteiger partial charge in [-0.15, -0.1) is 10.2 Å². The van der Waals surface area contributed by atoms with Gasteiger partial charge in [0.15, 0.2) is 0 Å². The first-order valence-electron chi connectivity index (χ1n) is 5.80. The Balaban J connectivity index is 1.97. The van der Waals surface area contributed by atoms with Gasteiger partial charge >= 0.3 is 0 Å². The van der Waals surface area contributed by atoms with Crippen LogP contribution in [0.1, 0.15) is 12.8 Å². The lowest BCUT2D eigenvalue weighted by Crippen LogP contribution is -2.29. The summed E-state index contributed by atoms with van der Waals surface area (Å²) in [7, 11) is 0. The third kappa shape index (κ3) is 2.24. The highest BCUT2D eigenvalue weighted by Gasteiger charge is 2.30. The van der Waals surface area contributed by atoms with Crippen LogP contribution in [0.4, 0.5) is 5.95 Å². The SMILES string of the molecule is BrCCN(c1nnc2ccccc2n1)C1CC1. The van der Waals surface area contributed by atoms with Gasteiger partial charge < -0.3 is 4.90 Å². The van der Waals surface area contributed by atoms with Crippen molar-refractivity contribution in [2.45, 2.75) is 18.9 Å². The van der Waals surface area contributed by atoms with Gasteiger partial charge in [-0.1, -0.05) is 28.1 Å². The van der Waals surface area contributed by atoms with Crippen LogP contribution in [0.5, 0.6) is 0 Å². The number of alkyl halides is 1. The van der Waals surface area contributed by atoms with Gasteiger partial charge in [-0.25, -0.2) is 4.98 Å². The minimum atomic E-state index is 0.607. The topological polar surface area (TPSA) is 41.9 Å². The lowest BCUT2D eigenvalue weighted by atomic mass is 10.3. The van der Waals surface area contributed by atoms with Gasteiger partial charge in [0.05, 0.1) is 5.52 Å². The van der Waals surface area contributed by atoms with E-state index < -0.39 is 0 Å². The molecule has 0 bridgehead atoms. The molecular weight excluding hydrogens is 280 g/mol. The monoisotopic (exact) mass is 292 g/mol. The summed E-state index contributed by atoms with van der Waals surface area (Å²) in [6.07, 6.45) is 2.48. The molecule has 5 heteroatoms. The third-order valence-corrected chi connectivity index (χ3v) is 3.27. The van der Waals surface area contributed by atoms with Gasteiger partial charge in [0.2, 0.25) is 5.95 Å². The Morgan fingerprint density at radius 3 is 2.65 bits per heavy atom. The molecule has 0 aliphatic heterocycles. The van der Waals surface area contributed by atoms with E-state index in [9.17, 15) is 0 Å². The molecule has 4 nitrogen and oxygen atoms in total. The van der Waals surface area contributed by atoms with Crippen LogP contribution < -0.4 is 4.90 Å². The van der Waals surface area contributed by atoms with E-state index in [2.05, 4.69) is 36.0 Å². The first-order valence-corrected chi connectivity index (χ1v) is 6.93. The molecule has 0 atom stereocenters. The molecular formula is C12H13BrN4. The zero-order valence-corrected chi connectivity index (χ0v) is 11.0. The molecule has 1 aliphatic carbocycles. The summed E-state index contributed by atoms with van der Waals surface area (Å²) in [5, 5.41) is 9.39. The summed E-state index contributed by atoms with van der Waals surface area (Å²) in [5.74, 6) is 0.755. The Morgan fingerprint density at radius 2 is 1.94 bits per heavy atom.